The number of benzene rings is 2. The smallest absolute Gasteiger partial charge is 0.167 e. The predicted octanol–water partition coefficient (Wildman–Crippen LogP) is 4.41. The fraction of sp³-hybridized carbons (Fsp3) is 0.227. The number of hydrogen-bond donors (Lipinski definition) is 4. The summed E-state index contributed by atoms with van der Waals surface area (Å²) in [5.74, 6) is -0.347. The number of hydrogen-bond acceptors (Lipinski definition) is 6. The number of nitrogens with one attached hydrogen (secondary N) is 2. The Morgan fingerprint density at radius 1 is 1.17 bits per heavy atom. The largest absolute Gasteiger partial charge is 0.508 e. The van der Waals surface area contributed by atoms with Crippen LogP contribution >= 0.6 is 11.8 Å². The Bertz CT molecular complexity index is 1140. The summed E-state index contributed by atoms with van der Waals surface area (Å²) in [7, 11) is 1.94. The van der Waals surface area contributed by atoms with E-state index in [9.17, 15) is 15.0 Å². The molecule has 3 aromatic rings. The minimum absolute atomic E-state index is 0.0130. The van der Waals surface area contributed by atoms with Crippen LogP contribution in [-0.4, -0.2) is 37.8 Å². The van der Waals surface area contributed by atoms with E-state index in [-0.39, 0.29) is 39.7 Å². The normalized spacial score (nSPS) is 11.1. The number of anilines is 1. The van der Waals surface area contributed by atoms with Crippen LogP contribution in [0, 0.1) is 10.8 Å². The molecular formula is C22H24N4O3S. The molecule has 0 radical (unpaired) electrons. The molecule has 0 aliphatic carbocycles. The number of aryl methyl sites for hydroxylation is 1. The number of fused-ring (bicyclic) bond motifs is 1. The molecule has 0 atom stereocenters. The molecule has 0 aliphatic heterocycles. The predicted molar refractivity (Wildman–Crippen MR) is 122 cm³/mol. The molecular weight excluding hydrogens is 400 g/mol. The average Bonchev–Trinajstić information content (AvgIpc) is 3.06. The van der Waals surface area contributed by atoms with Crippen LogP contribution in [-0.2, 0) is 11.8 Å². The quantitative estimate of drug-likeness (QED) is 0.275. The second-order valence-corrected chi connectivity index (χ2v) is 8.23. The van der Waals surface area contributed by atoms with E-state index in [2.05, 4.69) is 0 Å². The van der Waals surface area contributed by atoms with Gasteiger partial charge in [0.25, 0.3) is 0 Å². The molecule has 7 nitrogen and oxygen atoms in total. The molecule has 0 bridgehead atoms. The van der Waals surface area contributed by atoms with Crippen LogP contribution in [0.25, 0.3) is 10.9 Å². The van der Waals surface area contributed by atoms with Gasteiger partial charge in [0.1, 0.15) is 23.6 Å². The molecule has 1 heterocycles. The molecule has 156 valence electrons. The van der Waals surface area contributed by atoms with Crippen LogP contribution in [0.5, 0.6) is 11.5 Å². The first-order chi connectivity index (χ1) is 14.2. The summed E-state index contributed by atoms with van der Waals surface area (Å²) in [5.41, 5.74) is 2.37. The van der Waals surface area contributed by atoms with Gasteiger partial charge in [-0.3, -0.25) is 15.7 Å². The third kappa shape index (κ3) is 4.04. The minimum Gasteiger partial charge on any atom is -0.508 e. The summed E-state index contributed by atoms with van der Waals surface area (Å²) in [4.78, 5) is 12.2. The highest BCUT2D eigenvalue weighted by molar-refractivity contribution is 8.14. The SMILES string of the molecule is CC(C)c1cc(C(=N)N(C(=N)SCC=O)c2ccc3c(ccn3C)c2)c(O)cc1O. The number of aldehydes is 1. The number of aromatic hydroxyl groups is 2. The molecule has 2 aromatic carbocycles. The first-order valence-corrected chi connectivity index (χ1v) is 10.4. The highest BCUT2D eigenvalue weighted by Crippen LogP contribution is 2.34. The van der Waals surface area contributed by atoms with Crippen molar-refractivity contribution in [2.45, 2.75) is 19.8 Å². The number of nitrogens with zero attached hydrogens (tertiary/aromatic N) is 2. The maximum atomic E-state index is 10.8. The Morgan fingerprint density at radius 3 is 2.57 bits per heavy atom. The van der Waals surface area contributed by atoms with Gasteiger partial charge in [-0.2, -0.15) is 0 Å². The zero-order valence-electron chi connectivity index (χ0n) is 17.0. The zero-order chi connectivity index (χ0) is 22.0. The molecule has 8 heteroatoms. The Balaban J connectivity index is 2.12. The molecule has 0 saturated carbocycles. The first kappa shape index (κ1) is 21.4. The van der Waals surface area contributed by atoms with E-state index < -0.39 is 0 Å². The average molecular weight is 425 g/mol. The Kier molecular flexibility index (Phi) is 6.17. The highest BCUT2D eigenvalue weighted by Gasteiger charge is 2.24. The van der Waals surface area contributed by atoms with Gasteiger partial charge in [-0.15, -0.1) is 0 Å². The van der Waals surface area contributed by atoms with Crippen LogP contribution in [0.4, 0.5) is 5.69 Å². The van der Waals surface area contributed by atoms with Crippen molar-refractivity contribution < 1.29 is 15.0 Å². The monoisotopic (exact) mass is 424 g/mol. The number of aromatic nitrogens is 1. The van der Waals surface area contributed by atoms with Gasteiger partial charge in [-0.05, 0) is 41.8 Å². The molecule has 0 spiro atoms. The van der Waals surface area contributed by atoms with Crippen molar-refractivity contribution in [3.63, 3.8) is 0 Å². The number of phenolic OH excluding ortho intramolecular Hbond substituents is 2. The van der Waals surface area contributed by atoms with Gasteiger partial charge in [0.2, 0.25) is 0 Å². The lowest BCUT2D eigenvalue weighted by molar-refractivity contribution is -0.105. The summed E-state index contributed by atoms with van der Waals surface area (Å²) in [5, 5.41) is 38.8. The van der Waals surface area contributed by atoms with Gasteiger partial charge < -0.3 is 19.6 Å². The molecule has 1 aromatic heterocycles. The third-order valence-electron chi connectivity index (χ3n) is 4.86. The second-order valence-electron chi connectivity index (χ2n) is 7.22. The lowest BCUT2D eigenvalue weighted by atomic mass is 9.98. The highest BCUT2D eigenvalue weighted by atomic mass is 32.2. The van der Waals surface area contributed by atoms with Crippen LogP contribution in [0.3, 0.4) is 0 Å². The first-order valence-electron chi connectivity index (χ1n) is 9.39. The number of phenols is 2. The van der Waals surface area contributed by atoms with Crippen molar-refractivity contribution in [2.24, 2.45) is 7.05 Å². The molecule has 0 saturated heterocycles. The molecule has 4 N–H and O–H groups in total. The van der Waals surface area contributed by atoms with Crippen molar-refractivity contribution in [1.29, 1.82) is 10.8 Å². The van der Waals surface area contributed by atoms with Crippen LogP contribution in [0.1, 0.15) is 30.9 Å². The molecule has 0 aliphatic rings. The van der Waals surface area contributed by atoms with Crippen molar-refractivity contribution in [3.8, 4) is 11.5 Å². The fourth-order valence-electron chi connectivity index (χ4n) is 3.30. The van der Waals surface area contributed by atoms with E-state index in [1.807, 2.05) is 49.9 Å². The lowest BCUT2D eigenvalue weighted by Gasteiger charge is -2.26. The van der Waals surface area contributed by atoms with E-state index in [0.29, 0.717) is 17.5 Å². The van der Waals surface area contributed by atoms with Crippen LogP contribution < -0.4 is 4.90 Å². The summed E-state index contributed by atoms with van der Waals surface area (Å²) in [6, 6.07) is 10.3. The van der Waals surface area contributed by atoms with E-state index in [4.69, 9.17) is 10.8 Å². The summed E-state index contributed by atoms with van der Waals surface area (Å²) >= 11 is 0.997. The standard InChI is InChI=1S/C22H24N4O3S/c1-13(2)16-11-17(20(29)12-19(16)28)21(23)26(22(24)30-9-8-27)15-4-5-18-14(10-15)6-7-25(18)3/h4-8,10-13,23-24,28-29H,9H2,1-3H3. The molecule has 0 unspecified atom stereocenters. The second kappa shape index (κ2) is 8.62. The van der Waals surface area contributed by atoms with Crippen LogP contribution in [0.2, 0.25) is 0 Å². The lowest BCUT2D eigenvalue weighted by Crippen LogP contribution is -2.35. The summed E-state index contributed by atoms with van der Waals surface area (Å²) in [6.45, 7) is 3.81. The number of carbonyl (C=O) groups is 1. The van der Waals surface area contributed by atoms with Gasteiger partial charge >= 0.3 is 0 Å². The zero-order valence-corrected chi connectivity index (χ0v) is 17.8. The van der Waals surface area contributed by atoms with Gasteiger partial charge in [0.15, 0.2) is 5.17 Å². The summed E-state index contributed by atoms with van der Waals surface area (Å²) < 4.78 is 1.97. The number of rotatable bonds is 5. The number of carbonyl (C=O) groups excluding carboxylic acids is 1. The van der Waals surface area contributed by atoms with Crippen LogP contribution in [0.15, 0.2) is 42.6 Å². The van der Waals surface area contributed by atoms with Crippen molar-refractivity contribution in [1.82, 2.24) is 4.57 Å². The van der Waals surface area contributed by atoms with Gasteiger partial charge in [-0.25, -0.2) is 0 Å². The van der Waals surface area contributed by atoms with E-state index in [0.717, 1.165) is 22.7 Å². The topological polar surface area (TPSA) is 113 Å². The van der Waals surface area contributed by atoms with Crippen molar-refractivity contribution in [3.05, 3.63) is 53.7 Å². The molecule has 3 rings (SSSR count). The summed E-state index contributed by atoms with van der Waals surface area (Å²) in [6.07, 6.45) is 2.63. The molecule has 0 fully saturated rings. The number of amidine groups is 2. The molecule has 30 heavy (non-hydrogen) atoms. The van der Waals surface area contributed by atoms with Gasteiger partial charge in [0, 0.05) is 30.2 Å². The maximum Gasteiger partial charge on any atom is 0.167 e. The Labute approximate surface area is 179 Å². The van der Waals surface area contributed by atoms with E-state index in [1.54, 1.807) is 12.1 Å². The van der Waals surface area contributed by atoms with Gasteiger partial charge in [0.05, 0.1) is 17.0 Å². The van der Waals surface area contributed by atoms with Crippen molar-refractivity contribution >= 4 is 45.6 Å². The number of thioether (sulfide) groups is 1. The third-order valence-corrected chi connectivity index (χ3v) is 5.62. The fourth-order valence-corrected chi connectivity index (χ4v) is 3.85. The van der Waals surface area contributed by atoms with E-state index >= 15 is 0 Å². The Hall–Kier alpha value is -3.26. The van der Waals surface area contributed by atoms with Gasteiger partial charge in [-0.1, -0.05) is 25.6 Å². The minimum atomic E-state index is -0.249. The Morgan fingerprint density at radius 2 is 1.90 bits per heavy atom. The molecule has 0 amide bonds. The van der Waals surface area contributed by atoms with E-state index in [1.165, 1.54) is 11.0 Å². The van der Waals surface area contributed by atoms with Crippen molar-refractivity contribution in [2.75, 3.05) is 10.7 Å². The maximum absolute atomic E-state index is 10.8.